The summed E-state index contributed by atoms with van der Waals surface area (Å²) in [6.45, 7) is 1.41. The standard InChI is InChI=1S/C11H12BrN3O/c12-9-4-8(5-13)11(14-6-9)15-3-1-2-10(16)7-15/h4,6,10,16H,1-3,7H2/t10-/m0/s1. The SMILES string of the molecule is N#Cc1cc(Br)cnc1N1CCC[C@H](O)C1. The van der Waals surface area contributed by atoms with E-state index in [0.29, 0.717) is 17.9 Å². The van der Waals surface area contributed by atoms with Crippen molar-refractivity contribution in [1.82, 2.24) is 4.98 Å². The van der Waals surface area contributed by atoms with Crippen LogP contribution in [-0.2, 0) is 0 Å². The molecule has 1 fully saturated rings. The first-order valence-corrected chi connectivity index (χ1v) is 5.98. The second-order valence-corrected chi connectivity index (χ2v) is 4.79. The molecule has 1 aromatic heterocycles. The van der Waals surface area contributed by atoms with Crippen LogP contribution >= 0.6 is 15.9 Å². The Balaban J connectivity index is 2.29. The second-order valence-electron chi connectivity index (χ2n) is 3.88. The number of nitrogens with zero attached hydrogens (tertiary/aromatic N) is 3. The van der Waals surface area contributed by atoms with Crippen LogP contribution in [0.5, 0.6) is 0 Å². The number of aliphatic hydroxyl groups is 1. The van der Waals surface area contributed by atoms with Gasteiger partial charge in [0.1, 0.15) is 11.9 Å². The first-order valence-electron chi connectivity index (χ1n) is 5.19. The summed E-state index contributed by atoms with van der Waals surface area (Å²) in [4.78, 5) is 6.22. The number of aliphatic hydroxyl groups excluding tert-OH is 1. The minimum absolute atomic E-state index is 0.314. The molecule has 0 unspecified atom stereocenters. The molecular formula is C11H12BrN3O. The van der Waals surface area contributed by atoms with Crippen molar-refractivity contribution in [2.45, 2.75) is 18.9 Å². The second kappa shape index (κ2) is 4.81. The Morgan fingerprint density at radius 1 is 1.62 bits per heavy atom. The number of pyridine rings is 1. The van der Waals surface area contributed by atoms with E-state index in [0.717, 1.165) is 23.9 Å². The number of hydrogen-bond acceptors (Lipinski definition) is 4. The number of anilines is 1. The molecule has 0 aromatic carbocycles. The lowest BCUT2D eigenvalue weighted by atomic mass is 10.1. The molecule has 2 heterocycles. The number of aromatic nitrogens is 1. The number of rotatable bonds is 1. The van der Waals surface area contributed by atoms with E-state index < -0.39 is 0 Å². The summed E-state index contributed by atoms with van der Waals surface area (Å²) >= 11 is 3.29. The maximum Gasteiger partial charge on any atom is 0.146 e. The third kappa shape index (κ3) is 2.34. The number of hydrogen-bond donors (Lipinski definition) is 1. The zero-order valence-electron chi connectivity index (χ0n) is 8.73. The highest BCUT2D eigenvalue weighted by molar-refractivity contribution is 9.10. The van der Waals surface area contributed by atoms with Crippen molar-refractivity contribution < 1.29 is 5.11 Å². The van der Waals surface area contributed by atoms with Crippen LogP contribution in [0, 0.1) is 11.3 Å². The highest BCUT2D eigenvalue weighted by Crippen LogP contribution is 2.23. The highest BCUT2D eigenvalue weighted by atomic mass is 79.9. The largest absolute Gasteiger partial charge is 0.391 e. The van der Waals surface area contributed by atoms with Crippen LogP contribution in [0.1, 0.15) is 18.4 Å². The van der Waals surface area contributed by atoms with Crippen molar-refractivity contribution >= 4 is 21.7 Å². The molecule has 4 nitrogen and oxygen atoms in total. The van der Waals surface area contributed by atoms with Gasteiger partial charge in [-0.05, 0) is 34.8 Å². The fourth-order valence-electron chi connectivity index (χ4n) is 1.91. The van der Waals surface area contributed by atoms with E-state index in [2.05, 4.69) is 27.0 Å². The molecule has 0 amide bonds. The monoisotopic (exact) mass is 281 g/mol. The fraction of sp³-hybridized carbons (Fsp3) is 0.455. The minimum Gasteiger partial charge on any atom is -0.391 e. The zero-order chi connectivity index (χ0) is 11.5. The summed E-state index contributed by atoms with van der Waals surface area (Å²) < 4.78 is 0.797. The van der Waals surface area contributed by atoms with Gasteiger partial charge in [0.2, 0.25) is 0 Å². The quantitative estimate of drug-likeness (QED) is 0.851. The van der Waals surface area contributed by atoms with Crippen molar-refractivity contribution in [3.63, 3.8) is 0 Å². The number of piperidine rings is 1. The normalized spacial score (nSPS) is 20.6. The Bertz CT molecular complexity index is 430. The van der Waals surface area contributed by atoms with Crippen molar-refractivity contribution in [3.8, 4) is 6.07 Å². The van der Waals surface area contributed by atoms with E-state index in [1.807, 2.05) is 4.90 Å². The van der Waals surface area contributed by atoms with Crippen LogP contribution in [0.3, 0.4) is 0 Å². The molecule has 5 heteroatoms. The molecule has 2 rings (SSSR count). The Hall–Kier alpha value is -1.12. The average molecular weight is 282 g/mol. The number of β-amino-alcohol motifs (C(OH)–C–C–N with tert-alkyl or cyclic N) is 1. The lowest BCUT2D eigenvalue weighted by molar-refractivity contribution is 0.154. The Morgan fingerprint density at radius 3 is 3.12 bits per heavy atom. The van der Waals surface area contributed by atoms with Gasteiger partial charge in [-0.2, -0.15) is 5.26 Å². The predicted octanol–water partition coefficient (Wildman–Crippen LogP) is 1.68. The number of halogens is 1. The van der Waals surface area contributed by atoms with E-state index in [9.17, 15) is 5.11 Å². The maximum atomic E-state index is 9.60. The van der Waals surface area contributed by atoms with Crippen LogP contribution in [0.25, 0.3) is 0 Å². The number of nitriles is 1. The van der Waals surface area contributed by atoms with E-state index in [1.165, 1.54) is 0 Å². The summed E-state index contributed by atoms with van der Waals surface area (Å²) in [6.07, 6.45) is 3.13. The fourth-order valence-corrected chi connectivity index (χ4v) is 2.24. The summed E-state index contributed by atoms with van der Waals surface area (Å²) in [5, 5.41) is 18.6. The highest BCUT2D eigenvalue weighted by Gasteiger charge is 2.21. The van der Waals surface area contributed by atoms with Gasteiger partial charge in [-0.1, -0.05) is 0 Å². The van der Waals surface area contributed by atoms with E-state index in [-0.39, 0.29) is 6.10 Å². The Morgan fingerprint density at radius 2 is 2.44 bits per heavy atom. The molecule has 1 N–H and O–H groups in total. The summed E-state index contributed by atoms with van der Waals surface area (Å²) in [7, 11) is 0. The van der Waals surface area contributed by atoms with Gasteiger partial charge < -0.3 is 10.0 Å². The lowest BCUT2D eigenvalue weighted by Crippen LogP contribution is -2.39. The van der Waals surface area contributed by atoms with Crippen LogP contribution in [0.15, 0.2) is 16.7 Å². The van der Waals surface area contributed by atoms with Crippen molar-refractivity contribution in [2.24, 2.45) is 0 Å². The van der Waals surface area contributed by atoms with Gasteiger partial charge in [0.25, 0.3) is 0 Å². The summed E-state index contributed by atoms with van der Waals surface area (Å²) in [6, 6.07) is 3.89. The van der Waals surface area contributed by atoms with Crippen molar-refractivity contribution in [1.29, 1.82) is 5.26 Å². The van der Waals surface area contributed by atoms with E-state index in [4.69, 9.17) is 5.26 Å². The molecule has 0 bridgehead atoms. The van der Waals surface area contributed by atoms with Crippen LogP contribution in [0.4, 0.5) is 5.82 Å². The van der Waals surface area contributed by atoms with E-state index >= 15 is 0 Å². The van der Waals surface area contributed by atoms with Gasteiger partial charge in [0.15, 0.2) is 0 Å². The summed E-state index contributed by atoms with van der Waals surface area (Å²) in [5.41, 5.74) is 0.545. The zero-order valence-corrected chi connectivity index (χ0v) is 10.3. The van der Waals surface area contributed by atoms with Crippen LogP contribution in [0.2, 0.25) is 0 Å². The third-order valence-corrected chi connectivity index (χ3v) is 3.08. The van der Waals surface area contributed by atoms with Gasteiger partial charge in [0.05, 0.1) is 11.7 Å². The molecule has 0 saturated carbocycles. The molecule has 1 aliphatic heterocycles. The molecular weight excluding hydrogens is 270 g/mol. The minimum atomic E-state index is -0.314. The molecule has 1 saturated heterocycles. The van der Waals surface area contributed by atoms with Gasteiger partial charge in [0, 0.05) is 23.8 Å². The Labute approximate surface area is 103 Å². The van der Waals surface area contributed by atoms with Crippen molar-refractivity contribution in [2.75, 3.05) is 18.0 Å². The topological polar surface area (TPSA) is 60.2 Å². The van der Waals surface area contributed by atoms with Gasteiger partial charge >= 0.3 is 0 Å². The lowest BCUT2D eigenvalue weighted by Gasteiger charge is -2.31. The molecule has 1 aliphatic rings. The molecule has 1 aromatic rings. The molecule has 0 spiro atoms. The predicted molar refractivity (Wildman–Crippen MR) is 64.1 cm³/mol. The smallest absolute Gasteiger partial charge is 0.146 e. The van der Waals surface area contributed by atoms with Gasteiger partial charge in [-0.25, -0.2) is 4.98 Å². The van der Waals surface area contributed by atoms with Crippen LogP contribution in [-0.4, -0.2) is 29.3 Å². The molecule has 0 radical (unpaired) electrons. The first kappa shape index (κ1) is 11.4. The van der Waals surface area contributed by atoms with Crippen molar-refractivity contribution in [3.05, 3.63) is 22.3 Å². The average Bonchev–Trinajstić information content (AvgIpc) is 2.28. The maximum absolute atomic E-state index is 9.60. The van der Waals surface area contributed by atoms with Crippen LogP contribution < -0.4 is 4.90 Å². The first-order chi connectivity index (χ1) is 7.70. The van der Waals surface area contributed by atoms with Gasteiger partial charge in [-0.3, -0.25) is 0 Å². The summed E-state index contributed by atoms with van der Waals surface area (Å²) in [5.74, 6) is 0.671. The van der Waals surface area contributed by atoms with Gasteiger partial charge in [-0.15, -0.1) is 0 Å². The third-order valence-electron chi connectivity index (χ3n) is 2.65. The molecule has 1 atom stereocenters. The molecule has 84 valence electrons. The Kier molecular flexibility index (Phi) is 3.42. The molecule has 0 aliphatic carbocycles. The van der Waals surface area contributed by atoms with E-state index in [1.54, 1.807) is 12.3 Å². The molecule has 16 heavy (non-hydrogen) atoms.